The maximum atomic E-state index is 13.4. The van der Waals surface area contributed by atoms with Crippen LogP contribution in [0.1, 0.15) is 29.0 Å². The number of aromatic hydroxyl groups is 1. The largest absolute Gasteiger partial charge is 0.504 e. The van der Waals surface area contributed by atoms with E-state index in [9.17, 15) is 9.90 Å². The van der Waals surface area contributed by atoms with Gasteiger partial charge in [-0.15, -0.1) is 0 Å². The van der Waals surface area contributed by atoms with Crippen LogP contribution in [0, 0.1) is 0 Å². The van der Waals surface area contributed by atoms with Crippen molar-refractivity contribution < 1.29 is 19.4 Å². The highest BCUT2D eigenvalue weighted by atomic mass is 16.5. The van der Waals surface area contributed by atoms with Gasteiger partial charge in [0.1, 0.15) is 11.9 Å². The molecule has 0 bridgehead atoms. The number of hydrogen-bond donors (Lipinski definition) is 2. The molecule has 0 aliphatic carbocycles. The fourth-order valence-corrected chi connectivity index (χ4v) is 3.51. The van der Waals surface area contributed by atoms with Gasteiger partial charge in [0.05, 0.1) is 19.3 Å². The average Bonchev–Trinajstić information content (AvgIpc) is 2.75. The van der Waals surface area contributed by atoms with Crippen LogP contribution in [0.25, 0.3) is 0 Å². The summed E-state index contributed by atoms with van der Waals surface area (Å²) in [6.07, 6.45) is -0.605. The maximum Gasteiger partial charge on any atom is 0.262 e. The summed E-state index contributed by atoms with van der Waals surface area (Å²) in [5.41, 5.74) is 2.52. The summed E-state index contributed by atoms with van der Waals surface area (Å²) < 4.78 is 10.8. The molecule has 0 aromatic heterocycles. The van der Waals surface area contributed by atoms with Crippen molar-refractivity contribution in [3.05, 3.63) is 77.9 Å². The van der Waals surface area contributed by atoms with Crippen molar-refractivity contribution in [1.82, 2.24) is 0 Å². The zero-order valence-electron chi connectivity index (χ0n) is 16.3. The van der Waals surface area contributed by atoms with E-state index in [2.05, 4.69) is 5.32 Å². The van der Waals surface area contributed by atoms with Gasteiger partial charge in [0.2, 0.25) is 0 Å². The number of para-hydroxylation sites is 2. The quantitative estimate of drug-likeness (QED) is 0.668. The standard InChI is InChI=1S/C23H22N2O4/c1-3-29-20-10-6-8-18(21(20)26)22-24-19-9-5-4-7-17(19)23(27)25(22)15-11-13-16(28-2)14-12-15/h4-14,22,24,26H,3H2,1-2H3/t22-/m1/s1. The second-order valence-corrected chi connectivity index (χ2v) is 6.59. The Labute approximate surface area is 169 Å². The Balaban J connectivity index is 1.85. The van der Waals surface area contributed by atoms with E-state index in [4.69, 9.17) is 9.47 Å². The van der Waals surface area contributed by atoms with Gasteiger partial charge in [-0.3, -0.25) is 9.69 Å². The molecule has 6 nitrogen and oxygen atoms in total. The zero-order chi connectivity index (χ0) is 20.4. The number of methoxy groups -OCH3 is 1. The van der Waals surface area contributed by atoms with Gasteiger partial charge in [-0.1, -0.05) is 24.3 Å². The molecule has 1 atom stereocenters. The molecule has 1 amide bonds. The molecule has 4 rings (SSSR count). The Bertz CT molecular complexity index is 1030. The molecular weight excluding hydrogens is 368 g/mol. The number of carbonyl (C=O) groups excluding carboxylic acids is 1. The highest BCUT2D eigenvalue weighted by molar-refractivity contribution is 6.12. The molecule has 6 heteroatoms. The molecular formula is C23H22N2O4. The summed E-state index contributed by atoms with van der Waals surface area (Å²) in [7, 11) is 1.60. The third-order valence-corrected chi connectivity index (χ3v) is 4.90. The Morgan fingerprint density at radius 3 is 2.52 bits per heavy atom. The van der Waals surface area contributed by atoms with Crippen LogP contribution < -0.4 is 19.7 Å². The summed E-state index contributed by atoms with van der Waals surface area (Å²) >= 11 is 0. The van der Waals surface area contributed by atoms with Crippen LogP contribution in [0.3, 0.4) is 0 Å². The average molecular weight is 390 g/mol. The molecule has 2 N–H and O–H groups in total. The fraction of sp³-hybridized carbons (Fsp3) is 0.174. The summed E-state index contributed by atoms with van der Waals surface area (Å²) in [6.45, 7) is 2.29. The van der Waals surface area contributed by atoms with Gasteiger partial charge in [-0.25, -0.2) is 0 Å². The zero-order valence-corrected chi connectivity index (χ0v) is 16.3. The van der Waals surface area contributed by atoms with E-state index < -0.39 is 6.17 Å². The van der Waals surface area contributed by atoms with E-state index in [0.717, 1.165) is 0 Å². The van der Waals surface area contributed by atoms with E-state index in [1.54, 1.807) is 48.4 Å². The number of carbonyl (C=O) groups is 1. The number of fused-ring (bicyclic) bond motifs is 1. The van der Waals surface area contributed by atoms with Gasteiger partial charge >= 0.3 is 0 Å². The first-order chi connectivity index (χ1) is 14.1. The van der Waals surface area contributed by atoms with E-state index in [1.165, 1.54) is 0 Å². The van der Waals surface area contributed by atoms with E-state index in [1.807, 2.05) is 37.3 Å². The van der Waals surface area contributed by atoms with E-state index in [0.29, 0.717) is 40.6 Å². The summed E-state index contributed by atoms with van der Waals surface area (Å²) in [5, 5.41) is 14.2. The van der Waals surface area contributed by atoms with Crippen molar-refractivity contribution in [1.29, 1.82) is 0 Å². The van der Waals surface area contributed by atoms with Crippen molar-refractivity contribution in [2.75, 3.05) is 23.9 Å². The molecule has 0 unspecified atom stereocenters. The first-order valence-electron chi connectivity index (χ1n) is 9.42. The predicted molar refractivity (Wildman–Crippen MR) is 112 cm³/mol. The Hall–Kier alpha value is -3.67. The molecule has 1 aliphatic rings. The minimum atomic E-state index is -0.605. The molecule has 0 saturated heterocycles. The Morgan fingerprint density at radius 1 is 1.03 bits per heavy atom. The number of phenolic OH excluding ortho intramolecular Hbond substituents is 1. The molecule has 3 aromatic rings. The summed E-state index contributed by atoms with van der Waals surface area (Å²) in [5.74, 6) is 0.936. The Morgan fingerprint density at radius 2 is 1.79 bits per heavy atom. The lowest BCUT2D eigenvalue weighted by Gasteiger charge is -2.38. The van der Waals surface area contributed by atoms with Gasteiger partial charge < -0.3 is 19.9 Å². The van der Waals surface area contributed by atoms with Crippen molar-refractivity contribution in [3.8, 4) is 17.2 Å². The highest BCUT2D eigenvalue weighted by Crippen LogP contribution is 2.42. The molecule has 0 radical (unpaired) electrons. The smallest absolute Gasteiger partial charge is 0.262 e. The molecule has 1 heterocycles. The fourth-order valence-electron chi connectivity index (χ4n) is 3.51. The minimum Gasteiger partial charge on any atom is -0.504 e. The lowest BCUT2D eigenvalue weighted by Crippen LogP contribution is -2.43. The van der Waals surface area contributed by atoms with Crippen LogP contribution in [-0.2, 0) is 0 Å². The number of nitrogens with one attached hydrogen (secondary N) is 1. The second kappa shape index (κ2) is 7.75. The molecule has 29 heavy (non-hydrogen) atoms. The topological polar surface area (TPSA) is 71.0 Å². The van der Waals surface area contributed by atoms with Gasteiger partial charge in [-0.2, -0.15) is 0 Å². The maximum absolute atomic E-state index is 13.4. The monoisotopic (exact) mass is 390 g/mol. The minimum absolute atomic E-state index is 0.0116. The van der Waals surface area contributed by atoms with Gasteiger partial charge in [0.15, 0.2) is 11.5 Å². The summed E-state index contributed by atoms with van der Waals surface area (Å²) in [6, 6.07) is 19.9. The third-order valence-electron chi connectivity index (χ3n) is 4.90. The first-order valence-corrected chi connectivity index (χ1v) is 9.42. The van der Waals surface area contributed by atoms with Crippen molar-refractivity contribution in [2.45, 2.75) is 13.1 Å². The number of phenols is 1. The third kappa shape index (κ3) is 3.33. The molecule has 1 aliphatic heterocycles. The first kappa shape index (κ1) is 18.7. The second-order valence-electron chi connectivity index (χ2n) is 6.59. The lowest BCUT2D eigenvalue weighted by molar-refractivity contribution is 0.0974. The van der Waals surface area contributed by atoms with Crippen molar-refractivity contribution in [3.63, 3.8) is 0 Å². The van der Waals surface area contributed by atoms with Crippen molar-refractivity contribution >= 4 is 17.3 Å². The molecule has 148 valence electrons. The number of anilines is 2. The van der Waals surface area contributed by atoms with Gasteiger partial charge in [0.25, 0.3) is 5.91 Å². The van der Waals surface area contributed by atoms with Crippen LogP contribution in [0.15, 0.2) is 66.7 Å². The summed E-state index contributed by atoms with van der Waals surface area (Å²) in [4.78, 5) is 15.1. The lowest BCUT2D eigenvalue weighted by atomic mass is 10.0. The molecule has 0 spiro atoms. The van der Waals surface area contributed by atoms with Gasteiger partial charge in [-0.05, 0) is 49.4 Å². The van der Waals surface area contributed by atoms with Gasteiger partial charge in [0, 0.05) is 16.9 Å². The molecule has 3 aromatic carbocycles. The Kier molecular flexibility index (Phi) is 4.99. The van der Waals surface area contributed by atoms with E-state index in [-0.39, 0.29) is 11.7 Å². The van der Waals surface area contributed by atoms with Crippen LogP contribution >= 0.6 is 0 Å². The molecule has 0 saturated carbocycles. The predicted octanol–water partition coefficient (Wildman–Crippen LogP) is 4.57. The van der Waals surface area contributed by atoms with Crippen LogP contribution in [-0.4, -0.2) is 24.7 Å². The van der Waals surface area contributed by atoms with Crippen molar-refractivity contribution in [2.24, 2.45) is 0 Å². The normalized spacial score (nSPS) is 15.4. The van der Waals surface area contributed by atoms with E-state index >= 15 is 0 Å². The number of ether oxygens (including phenoxy) is 2. The number of amides is 1. The SMILES string of the molecule is CCOc1cccc([C@@H]2Nc3ccccc3C(=O)N2c2ccc(OC)cc2)c1O. The number of benzene rings is 3. The number of nitrogens with zero attached hydrogens (tertiary/aromatic N) is 1. The number of rotatable bonds is 5. The number of hydrogen-bond acceptors (Lipinski definition) is 5. The van der Waals surface area contributed by atoms with Crippen LogP contribution in [0.4, 0.5) is 11.4 Å². The highest BCUT2D eigenvalue weighted by Gasteiger charge is 2.35. The van der Waals surface area contributed by atoms with Crippen LogP contribution in [0.5, 0.6) is 17.2 Å². The van der Waals surface area contributed by atoms with Crippen LogP contribution in [0.2, 0.25) is 0 Å². The molecule has 0 fully saturated rings.